The van der Waals surface area contributed by atoms with E-state index in [1.165, 1.54) is 5.39 Å². The van der Waals surface area contributed by atoms with Crippen LogP contribution in [0.4, 0.5) is 0 Å². The van der Waals surface area contributed by atoms with Gasteiger partial charge in [-0.15, -0.1) is 0 Å². The molecule has 4 rings (SSSR count). The molecule has 0 fully saturated rings. The molecule has 0 aliphatic rings. The van der Waals surface area contributed by atoms with Crippen LogP contribution in [-0.4, -0.2) is 26.6 Å². The normalized spacial score (nSPS) is 11.9. The molecule has 6 heteroatoms. The third-order valence-electron chi connectivity index (χ3n) is 6.33. The largest absolute Gasteiger partial charge is 0.351 e. The standard InChI is InChI=1S/C29H32N4O2/c1-2-25(34)12-4-3-5-13-26(29(35)32-19-21-9-8-16-30-18-21)28-31-20-27(33-28)24-15-14-22-10-6-7-11-23(22)17-24/h6-11,14-18,20,26H,2-5,12-13,19H2,1H3,(H,31,33)(H,32,35). The maximum Gasteiger partial charge on any atom is 0.230 e. The number of imidazole rings is 1. The third kappa shape index (κ3) is 6.63. The van der Waals surface area contributed by atoms with E-state index in [4.69, 9.17) is 0 Å². The van der Waals surface area contributed by atoms with Crippen molar-refractivity contribution in [3.05, 3.63) is 84.6 Å². The number of carbonyl (C=O) groups excluding carboxylic acids is 2. The maximum atomic E-state index is 13.2. The summed E-state index contributed by atoms with van der Waals surface area (Å²) >= 11 is 0. The number of pyridine rings is 1. The van der Waals surface area contributed by atoms with Crippen molar-refractivity contribution in [1.29, 1.82) is 0 Å². The van der Waals surface area contributed by atoms with Crippen LogP contribution in [0.15, 0.2) is 73.2 Å². The Morgan fingerprint density at radius 2 is 1.83 bits per heavy atom. The van der Waals surface area contributed by atoms with Crippen molar-refractivity contribution >= 4 is 22.5 Å². The maximum absolute atomic E-state index is 13.2. The quantitative estimate of drug-likeness (QED) is 0.251. The lowest BCUT2D eigenvalue weighted by molar-refractivity contribution is -0.123. The minimum Gasteiger partial charge on any atom is -0.351 e. The zero-order valence-corrected chi connectivity index (χ0v) is 20.2. The highest BCUT2D eigenvalue weighted by molar-refractivity contribution is 5.87. The van der Waals surface area contributed by atoms with Gasteiger partial charge in [0.15, 0.2) is 0 Å². The first-order valence-corrected chi connectivity index (χ1v) is 12.4. The van der Waals surface area contributed by atoms with Crippen molar-refractivity contribution < 1.29 is 9.59 Å². The molecule has 0 bridgehead atoms. The minimum absolute atomic E-state index is 0.0575. The van der Waals surface area contributed by atoms with Crippen molar-refractivity contribution in [2.24, 2.45) is 0 Å². The van der Waals surface area contributed by atoms with E-state index in [1.54, 1.807) is 18.6 Å². The van der Waals surface area contributed by atoms with Crippen LogP contribution in [0.2, 0.25) is 0 Å². The number of aromatic amines is 1. The van der Waals surface area contributed by atoms with E-state index in [-0.39, 0.29) is 11.8 Å². The van der Waals surface area contributed by atoms with Crippen LogP contribution in [-0.2, 0) is 16.1 Å². The van der Waals surface area contributed by atoms with E-state index in [9.17, 15) is 9.59 Å². The summed E-state index contributed by atoms with van der Waals surface area (Å²) in [6.45, 7) is 2.32. The number of H-pyrrole nitrogens is 1. The predicted molar refractivity (Wildman–Crippen MR) is 139 cm³/mol. The average molecular weight is 469 g/mol. The molecule has 0 aliphatic carbocycles. The Morgan fingerprint density at radius 3 is 2.63 bits per heavy atom. The summed E-state index contributed by atoms with van der Waals surface area (Å²) in [5.41, 5.74) is 2.88. The molecule has 0 saturated heterocycles. The Hall–Kier alpha value is -3.80. The number of benzene rings is 2. The van der Waals surface area contributed by atoms with Crippen LogP contribution >= 0.6 is 0 Å². The van der Waals surface area contributed by atoms with Gasteiger partial charge in [-0.25, -0.2) is 4.98 Å². The van der Waals surface area contributed by atoms with Gasteiger partial charge < -0.3 is 10.3 Å². The number of Topliss-reactive ketones (excluding diaryl/α,β-unsaturated/α-hetero) is 1. The second-order valence-electron chi connectivity index (χ2n) is 8.87. The van der Waals surface area contributed by atoms with Gasteiger partial charge in [0.2, 0.25) is 5.91 Å². The molecular formula is C29H32N4O2. The fourth-order valence-electron chi connectivity index (χ4n) is 4.25. The van der Waals surface area contributed by atoms with Crippen LogP contribution < -0.4 is 5.32 Å². The van der Waals surface area contributed by atoms with Crippen molar-refractivity contribution in [2.45, 2.75) is 57.9 Å². The van der Waals surface area contributed by atoms with Crippen molar-refractivity contribution in [3.63, 3.8) is 0 Å². The zero-order chi connectivity index (χ0) is 24.5. The molecule has 6 nitrogen and oxygen atoms in total. The van der Waals surface area contributed by atoms with E-state index < -0.39 is 0 Å². The molecule has 0 radical (unpaired) electrons. The van der Waals surface area contributed by atoms with Crippen LogP contribution in [0.25, 0.3) is 22.0 Å². The van der Waals surface area contributed by atoms with Gasteiger partial charge in [0, 0.05) is 37.3 Å². The van der Waals surface area contributed by atoms with Crippen LogP contribution in [0.1, 0.15) is 62.8 Å². The third-order valence-corrected chi connectivity index (χ3v) is 6.33. The molecule has 180 valence electrons. The topological polar surface area (TPSA) is 87.7 Å². The zero-order valence-electron chi connectivity index (χ0n) is 20.2. The number of unbranched alkanes of at least 4 members (excludes halogenated alkanes) is 2. The monoisotopic (exact) mass is 468 g/mol. The number of nitrogens with zero attached hydrogens (tertiary/aromatic N) is 2. The molecule has 2 N–H and O–H groups in total. The number of nitrogens with one attached hydrogen (secondary N) is 2. The van der Waals surface area contributed by atoms with Crippen LogP contribution in [0.3, 0.4) is 0 Å². The van der Waals surface area contributed by atoms with Gasteiger partial charge in [-0.3, -0.25) is 14.6 Å². The molecule has 0 spiro atoms. The summed E-state index contributed by atoms with van der Waals surface area (Å²) in [4.78, 5) is 36.9. The Kier molecular flexibility index (Phi) is 8.39. The smallest absolute Gasteiger partial charge is 0.230 e. The first-order chi connectivity index (χ1) is 17.1. The fraction of sp³-hybridized carbons (Fsp3) is 0.310. The first-order valence-electron chi connectivity index (χ1n) is 12.4. The summed E-state index contributed by atoms with van der Waals surface area (Å²) in [7, 11) is 0. The highest BCUT2D eigenvalue weighted by Gasteiger charge is 2.23. The van der Waals surface area contributed by atoms with Gasteiger partial charge in [0.1, 0.15) is 11.6 Å². The molecule has 2 aromatic carbocycles. The van der Waals surface area contributed by atoms with Gasteiger partial charge in [-0.1, -0.05) is 62.2 Å². The number of hydrogen-bond acceptors (Lipinski definition) is 4. The van der Waals surface area contributed by atoms with Crippen molar-refractivity contribution in [3.8, 4) is 11.3 Å². The lowest BCUT2D eigenvalue weighted by Gasteiger charge is -2.15. The van der Waals surface area contributed by atoms with Gasteiger partial charge in [-0.2, -0.15) is 0 Å². The Balaban J connectivity index is 1.47. The Bertz CT molecular complexity index is 1270. The number of fused-ring (bicyclic) bond motifs is 1. The van der Waals surface area contributed by atoms with Gasteiger partial charge in [0.25, 0.3) is 0 Å². The number of aromatic nitrogens is 3. The molecule has 4 aromatic rings. The summed E-state index contributed by atoms with van der Waals surface area (Å²) in [5.74, 6) is 0.518. The predicted octanol–water partition coefficient (Wildman–Crippen LogP) is 5.95. The lowest BCUT2D eigenvalue weighted by Crippen LogP contribution is -2.29. The van der Waals surface area contributed by atoms with E-state index in [2.05, 4.69) is 50.6 Å². The van der Waals surface area contributed by atoms with Crippen LogP contribution in [0.5, 0.6) is 0 Å². The van der Waals surface area contributed by atoms with E-state index in [0.29, 0.717) is 37.4 Å². The summed E-state index contributed by atoms with van der Waals surface area (Å²) in [6, 6.07) is 18.3. The average Bonchev–Trinajstić information content (AvgIpc) is 3.39. The molecule has 0 aliphatic heterocycles. The fourth-order valence-corrected chi connectivity index (χ4v) is 4.25. The van der Waals surface area contributed by atoms with E-state index in [0.717, 1.165) is 41.5 Å². The molecule has 2 aromatic heterocycles. The highest BCUT2D eigenvalue weighted by atomic mass is 16.2. The summed E-state index contributed by atoms with van der Waals surface area (Å²) < 4.78 is 0. The van der Waals surface area contributed by atoms with Crippen molar-refractivity contribution in [2.75, 3.05) is 0 Å². The highest BCUT2D eigenvalue weighted by Crippen LogP contribution is 2.27. The Labute approximate surface area is 206 Å². The van der Waals surface area contributed by atoms with E-state index in [1.807, 2.05) is 31.2 Å². The minimum atomic E-state index is -0.386. The molecule has 0 saturated carbocycles. The number of hydrogen-bond donors (Lipinski definition) is 2. The lowest BCUT2D eigenvalue weighted by atomic mass is 9.98. The van der Waals surface area contributed by atoms with Crippen molar-refractivity contribution in [1.82, 2.24) is 20.3 Å². The summed E-state index contributed by atoms with van der Waals surface area (Å²) in [5, 5.41) is 5.39. The number of rotatable bonds is 12. The first kappa shape index (κ1) is 24.3. The van der Waals surface area contributed by atoms with Gasteiger partial charge in [-0.05, 0) is 41.3 Å². The molecule has 35 heavy (non-hydrogen) atoms. The van der Waals surface area contributed by atoms with Crippen LogP contribution in [0, 0.1) is 0 Å². The molecule has 1 unspecified atom stereocenters. The van der Waals surface area contributed by atoms with Gasteiger partial charge in [0.05, 0.1) is 17.8 Å². The second kappa shape index (κ2) is 12.1. The molecular weight excluding hydrogens is 436 g/mol. The number of ketones is 1. The SMILES string of the molecule is CCC(=O)CCCCCC(C(=O)NCc1cccnc1)c1ncc(-c2ccc3ccccc3c2)[nH]1. The van der Waals surface area contributed by atoms with Gasteiger partial charge >= 0.3 is 0 Å². The molecule has 2 heterocycles. The molecule has 1 amide bonds. The second-order valence-corrected chi connectivity index (χ2v) is 8.87. The molecule has 1 atom stereocenters. The summed E-state index contributed by atoms with van der Waals surface area (Å²) in [6.07, 6.45) is 9.77. The number of amides is 1. The number of carbonyl (C=O) groups is 2. The van der Waals surface area contributed by atoms with E-state index >= 15 is 0 Å². The Morgan fingerprint density at radius 1 is 0.971 bits per heavy atom.